The van der Waals surface area contributed by atoms with Crippen LogP contribution in [0.2, 0.25) is 0 Å². The number of nitrogens with two attached hydrogens (primary N) is 1. The van der Waals surface area contributed by atoms with Gasteiger partial charge in [-0.2, -0.15) is 0 Å². The summed E-state index contributed by atoms with van der Waals surface area (Å²) in [7, 11) is 0. The van der Waals surface area contributed by atoms with Crippen molar-refractivity contribution >= 4 is 33.0 Å². The molecule has 0 radical (unpaired) electrons. The highest BCUT2D eigenvalue weighted by molar-refractivity contribution is 9.10. The Balaban J connectivity index is 1.68. The predicted molar refractivity (Wildman–Crippen MR) is 82.9 cm³/mol. The second-order valence-corrected chi connectivity index (χ2v) is 6.03. The fourth-order valence-electron chi connectivity index (χ4n) is 1.82. The molecule has 1 aromatic carbocycles. The highest BCUT2D eigenvalue weighted by atomic mass is 79.9. The second-order valence-electron chi connectivity index (χ2n) is 4.17. The highest BCUT2D eigenvalue weighted by Crippen LogP contribution is 2.22. The minimum atomic E-state index is 0.901. The maximum Gasteiger partial charge on any atom is 0.0346 e. The lowest BCUT2D eigenvalue weighted by Gasteiger charge is -2.06. The molecule has 4 heteroatoms. The lowest BCUT2D eigenvalue weighted by atomic mass is 10.1. The molecule has 0 unspecified atom stereocenters. The molecule has 18 heavy (non-hydrogen) atoms. The number of hydrogen-bond donors (Lipinski definition) is 2. The minimum absolute atomic E-state index is 0.901. The molecular formula is C14H17BrN2S. The Morgan fingerprint density at radius 3 is 2.78 bits per heavy atom. The van der Waals surface area contributed by atoms with E-state index in [4.69, 9.17) is 5.73 Å². The van der Waals surface area contributed by atoms with Crippen LogP contribution in [-0.4, -0.2) is 6.54 Å². The van der Waals surface area contributed by atoms with Crippen LogP contribution in [0.5, 0.6) is 0 Å². The van der Waals surface area contributed by atoms with Crippen molar-refractivity contribution in [3.05, 3.63) is 50.6 Å². The first-order chi connectivity index (χ1) is 8.77. The van der Waals surface area contributed by atoms with E-state index in [2.05, 4.69) is 38.8 Å². The van der Waals surface area contributed by atoms with Crippen molar-refractivity contribution in [3.63, 3.8) is 0 Å². The fourth-order valence-corrected chi connectivity index (χ4v) is 3.28. The summed E-state index contributed by atoms with van der Waals surface area (Å²) < 4.78 is 1.20. The summed E-state index contributed by atoms with van der Waals surface area (Å²) in [5, 5.41) is 5.56. The Labute approximate surface area is 120 Å². The quantitative estimate of drug-likeness (QED) is 0.626. The zero-order valence-electron chi connectivity index (χ0n) is 10.2. The lowest BCUT2D eigenvalue weighted by molar-refractivity contribution is 0.654. The summed E-state index contributed by atoms with van der Waals surface area (Å²) in [6, 6.07) is 10.2. The summed E-state index contributed by atoms with van der Waals surface area (Å²) in [6.07, 6.45) is 2.14. The van der Waals surface area contributed by atoms with Crippen molar-refractivity contribution in [1.29, 1.82) is 0 Å². The van der Waals surface area contributed by atoms with E-state index in [-0.39, 0.29) is 0 Å². The molecule has 2 rings (SSSR count). The smallest absolute Gasteiger partial charge is 0.0346 e. The molecule has 0 atom stereocenters. The third-order valence-electron chi connectivity index (χ3n) is 2.83. The average Bonchev–Trinajstić information content (AvgIpc) is 2.77. The number of halogens is 1. The number of para-hydroxylation sites is 1. The van der Waals surface area contributed by atoms with Crippen LogP contribution >= 0.6 is 27.3 Å². The van der Waals surface area contributed by atoms with Gasteiger partial charge in [0.2, 0.25) is 0 Å². The number of thiophene rings is 1. The first-order valence-electron chi connectivity index (χ1n) is 6.03. The molecule has 0 saturated heterocycles. The van der Waals surface area contributed by atoms with E-state index in [1.165, 1.54) is 14.9 Å². The first-order valence-corrected chi connectivity index (χ1v) is 7.70. The van der Waals surface area contributed by atoms with Crippen LogP contribution in [0.25, 0.3) is 0 Å². The highest BCUT2D eigenvalue weighted by Gasteiger charge is 2.01. The molecule has 3 N–H and O–H groups in total. The molecule has 1 aromatic heterocycles. The van der Waals surface area contributed by atoms with Crippen LogP contribution < -0.4 is 11.1 Å². The van der Waals surface area contributed by atoms with Gasteiger partial charge in [0.25, 0.3) is 0 Å². The summed E-state index contributed by atoms with van der Waals surface area (Å²) in [5.74, 6) is 0. The molecule has 0 bridgehead atoms. The Kier molecular flexibility index (Phi) is 5.23. The number of rotatable bonds is 6. The fraction of sp³-hybridized carbons (Fsp3) is 0.286. The van der Waals surface area contributed by atoms with E-state index < -0.39 is 0 Å². The van der Waals surface area contributed by atoms with Crippen LogP contribution in [0.3, 0.4) is 0 Å². The van der Waals surface area contributed by atoms with Gasteiger partial charge in [0.1, 0.15) is 0 Å². The van der Waals surface area contributed by atoms with E-state index in [1.54, 1.807) is 11.3 Å². The number of aryl methyl sites for hydroxylation is 1. The number of nitrogen functional groups attached to an aromatic ring is 1. The minimum Gasteiger partial charge on any atom is -0.399 e. The molecule has 2 nitrogen and oxygen atoms in total. The van der Waals surface area contributed by atoms with E-state index in [0.29, 0.717) is 0 Å². The molecule has 1 heterocycles. The van der Waals surface area contributed by atoms with Gasteiger partial charge in [-0.1, -0.05) is 18.2 Å². The van der Waals surface area contributed by atoms with Gasteiger partial charge >= 0.3 is 0 Å². The average molecular weight is 325 g/mol. The van der Waals surface area contributed by atoms with Crippen LogP contribution in [0.4, 0.5) is 5.69 Å². The van der Waals surface area contributed by atoms with Crippen molar-refractivity contribution in [3.8, 4) is 0 Å². The van der Waals surface area contributed by atoms with Gasteiger partial charge in [-0.3, -0.25) is 0 Å². The van der Waals surface area contributed by atoms with E-state index in [0.717, 1.165) is 31.6 Å². The van der Waals surface area contributed by atoms with Gasteiger partial charge in [-0.05, 0) is 58.4 Å². The predicted octanol–water partition coefficient (Wildman–Crippen LogP) is 3.82. The lowest BCUT2D eigenvalue weighted by Crippen LogP contribution is -2.15. The normalized spacial score (nSPS) is 10.7. The van der Waals surface area contributed by atoms with Crippen molar-refractivity contribution in [2.24, 2.45) is 0 Å². The molecule has 0 spiro atoms. The SMILES string of the molecule is Nc1ccccc1CCCNCc1sccc1Br. The number of benzene rings is 1. The maximum absolute atomic E-state index is 5.91. The Hall–Kier alpha value is -0.840. The monoisotopic (exact) mass is 324 g/mol. The second kappa shape index (κ2) is 6.92. The van der Waals surface area contributed by atoms with Crippen molar-refractivity contribution in [2.45, 2.75) is 19.4 Å². The topological polar surface area (TPSA) is 38.0 Å². The van der Waals surface area contributed by atoms with Crippen LogP contribution in [0, 0.1) is 0 Å². The van der Waals surface area contributed by atoms with Gasteiger partial charge in [0.15, 0.2) is 0 Å². The van der Waals surface area contributed by atoms with Crippen molar-refractivity contribution in [2.75, 3.05) is 12.3 Å². The molecular weight excluding hydrogens is 308 g/mol. The van der Waals surface area contributed by atoms with Crippen LogP contribution in [0.15, 0.2) is 40.2 Å². The summed E-state index contributed by atoms with van der Waals surface area (Å²) in [5.41, 5.74) is 8.06. The third kappa shape index (κ3) is 3.83. The van der Waals surface area contributed by atoms with Gasteiger partial charge in [0.05, 0.1) is 0 Å². The van der Waals surface area contributed by atoms with Crippen LogP contribution in [-0.2, 0) is 13.0 Å². The summed E-state index contributed by atoms with van der Waals surface area (Å²) >= 11 is 5.31. The molecule has 96 valence electrons. The van der Waals surface area contributed by atoms with Gasteiger partial charge in [-0.25, -0.2) is 0 Å². The van der Waals surface area contributed by atoms with Crippen molar-refractivity contribution < 1.29 is 0 Å². The molecule has 0 saturated carbocycles. The first kappa shape index (κ1) is 13.6. The number of nitrogens with one attached hydrogen (secondary N) is 1. The van der Waals surface area contributed by atoms with Gasteiger partial charge in [0, 0.05) is 21.6 Å². The molecule has 2 aromatic rings. The van der Waals surface area contributed by atoms with Gasteiger partial charge in [-0.15, -0.1) is 11.3 Å². The third-order valence-corrected chi connectivity index (χ3v) is 4.76. The number of hydrogen-bond acceptors (Lipinski definition) is 3. The number of anilines is 1. The molecule has 0 aliphatic carbocycles. The van der Waals surface area contributed by atoms with E-state index >= 15 is 0 Å². The van der Waals surface area contributed by atoms with Gasteiger partial charge < -0.3 is 11.1 Å². The standard InChI is InChI=1S/C14H17BrN2S/c15-12-7-9-18-14(12)10-17-8-3-5-11-4-1-2-6-13(11)16/h1-2,4,6-7,9,17H,3,5,8,10,16H2. The Morgan fingerprint density at radius 1 is 1.22 bits per heavy atom. The van der Waals surface area contributed by atoms with Crippen molar-refractivity contribution in [1.82, 2.24) is 5.32 Å². The van der Waals surface area contributed by atoms with E-state index in [1.807, 2.05) is 18.2 Å². The van der Waals surface area contributed by atoms with E-state index in [9.17, 15) is 0 Å². The molecule has 0 aliphatic heterocycles. The zero-order valence-corrected chi connectivity index (χ0v) is 12.6. The summed E-state index contributed by atoms with van der Waals surface area (Å²) in [4.78, 5) is 1.36. The van der Waals surface area contributed by atoms with Crippen LogP contribution in [0.1, 0.15) is 16.9 Å². The Morgan fingerprint density at radius 2 is 2.06 bits per heavy atom. The summed E-state index contributed by atoms with van der Waals surface area (Å²) in [6.45, 7) is 1.95. The molecule has 0 amide bonds. The molecule has 0 aliphatic rings. The Bertz CT molecular complexity index is 496. The largest absolute Gasteiger partial charge is 0.399 e. The zero-order chi connectivity index (χ0) is 12.8. The molecule has 0 fully saturated rings. The maximum atomic E-state index is 5.91.